The largest absolute Gasteiger partial charge is 0.490 e. The summed E-state index contributed by atoms with van der Waals surface area (Å²) in [5.41, 5.74) is 1.07. The molecule has 21 heavy (non-hydrogen) atoms. The predicted molar refractivity (Wildman–Crippen MR) is 83.9 cm³/mol. The summed E-state index contributed by atoms with van der Waals surface area (Å²) in [5.74, 6) is 0.382. The zero-order valence-corrected chi connectivity index (χ0v) is 13.5. The lowest BCUT2D eigenvalue weighted by Gasteiger charge is -2.14. The van der Waals surface area contributed by atoms with E-state index in [9.17, 15) is 8.42 Å². The number of ether oxygens (including phenoxy) is 1. The summed E-state index contributed by atoms with van der Waals surface area (Å²) in [6, 6.07) is 14.4. The number of fused-ring (bicyclic) bond motifs is 1. The monoisotopic (exact) mass is 367 g/mol. The molecular weight excluding hydrogens is 354 g/mol. The number of nitrogens with one attached hydrogen (secondary N) is 1. The molecule has 0 amide bonds. The zero-order valence-electron chi connectivity index (χ0n) is 11.1. The van der Waals surface area contributed by atoms with E-state index in [1.54, 1.807) is 18.2 Å². The van der Waals surface area contributed by atoms with Gasteiger partial charge in [-0.05, 0) is 30.2 Å². The van der Waals surface area contributed by atoms with Gasteiger partial charge in [0.1, 0.15) is 17.3 Å². The minimum Gasteiger partial charge on any atom is -0.490 e. The Morgan fingerprint density at radius 1 is 1.19 bits per heavy atom. The van der Waals surface area contributed by atoms with Crippen LogP contribution in [0.4, 0.5) is 0 Å². The maximum absolute atomic E-state index is 12.4. The van der Waals surface area contributed by atoms with Gasteiger partial charge in [0.05, 0.1) is 6.04 Å². The molecular formula is C15H14BrNO3S. The minimum atomic E-state index is -3.56. The first-order chi connectivity index (χ1) is 10.0. The molecule has 110 valence electrons. The fraction of sp³-hybridized carbons (Fsp3) is 0.200. The van der Waals surface area contributed by atoms with E-state index in [0.717, 1.165) is 10.0 Å². The molecule has 0 spiro atoms. The SMILES string of the molecule is O=S1(=O)N[C@@H](Cc2ccccc2)COc2cc(Br)ccc21. The van der Waals surface area contributed by atoms with Crippen molar-refractivity contribution in [2.75, 3.05) is 6.61 Å². The number of benzene rings is 2. The number of hydrogen-bond donors (Lipinski definition) is 1. The predicted octanol–water partition coefficient (Wildman–Crippen LogP) is 2.73. The molecule has 1 aliphatic rings. The molecule has 6 heteroatoms. The molecule has 2 aromatic rings. The highest BCUT2D eigenvalue weighted by atomic mass is 79.9. The standard InChI is InChI=1S/C15H14BrNO3S/c16-12-6-7-15-14(9-12)20-10-13(17-21(15,18)19)8-11-4-2-1-3-5-11/h1-7,9,13,17H,8,10H2/t13-/m0/s1. The lowest BCUT2D eigenvalue weighted by Crippen LogP contribution is -2.38. The van der Waals surface area contributed by atoms with Gasteiger partial charge >= 0.3 is 0 Å². The molecule has 1 aliphatic heterocycles. The van der Waals surface area contributed by atoms with Crippen molar-refractivity contribution in [1.29, 1.82) is 0 Å². The van der Waals surface area contributed by atoms with Crippen LogP contribution in [-0.2, 0) is 16.4 Å². The van der Waals surface area contributed by atoms with Crippen molar-refractivity contribution < 1.29 is 13.2 Å². The van der Waals surface area contributed by atoms with Gasteiger partial charge in [-0.25, -0.2) is 13.1 Å². The first-order valence-electron chi connectivity index (χ1n) is 6.53. The highest BCUT2D eigenvalue weighted by Gasteiger charge is 2.28. The van der Waals surface area contributed by atoms with E-state index in [2.05, 4.69) is 20.7 Å². The van der Waals surface area contributed by atoms with Crippen LogP contribution >= 0.6 is 15.9 Å². The third-order valence-electron chi connectivity index (χ3n) is 3.28. The van der Waals surface area contributed by atoms with E-state index >= 15 is 0 Å². The molecule has 0 unspecified atom stereocenters. The Balaban J connectivity index is 1.88. The Morgan fingerprint density at radius 2 is 1.95 bits per heavy atom. The molecule has 0 fully saturated rings. The first kappa shape index (κ1) is 14.6. The van der Waals surface area contributed by atoms with E-state index in [4.69, 9.17) is 4.74 Å². The number of sulfonamides is 1. The molecule has 0 saturated carbocycles. The Kier molecular flexibility index (Phi) is 4.01. The maximum Gasteiger partial charge on any atom is 0.244 e. The van der Waals surface area contributed by atoms with Gasteiger partial charge < -0.3 is 4.74 Å². The van der Waals surface area contributed by atoms with Gasteiger partial charge in [-0.15, -0.1) is 0 Å². The average molecular weight is 368 g/mol. The fourth-order valence-electron chi connectivity index (χ4n) is 2.32. The van der Waals surface area contributed by atoms with Crippen molar-refractivity contribution in [1.82, 2.24) is 4.72 Å². The number of hydrogen-bond acceptors (Lipinski definition) is 3. The zero-order chi connectivity index (χ0) is 14.9. The Labute approximate surface area is 132 Å². The molecule has 1 heterocycles. The van der Waals surface area contributed by atoms with Crippen LogP contribution in [0, 0.1) is 0 Å². The molecule has 0 radical (unpaired) electrons. The summed E-state index contributed by atoms with van der Waals surface area (Å²) in [6.45, 7) is 0.303. The number of halogens is 1. The van der Waals surface area contributed by atoms with Crippen molar-refractivity contribution in [2.24, 2.45) is 0 Å². The third-order valence-corrected chi connectivity index (χ3v) is 5.34. The van der Waals surface area contributed by atoms with Crippen LogP contribution in [0.5, 0.6) is 5.75 Å². The van der Waals surface area contributed by atoms with Gasteiger partial charge in [-0.1, -0.05) is 46.3 Å². The summed E-state index contributed by atoms with van der Waals surface area (Å²) >= 11 is 3.33. The van der Waals surface area contributed by atoms with Crippen molar-refractivity contribution in [2.45, 2.75) is 17.4 Å². The highest BCUT2D eigenvalue weighted by molar-refractivity contribution is 9.10. The van der Waals surface area contributed by atoms with E-state index in [1.807, 2.05) is 30.3 Å². The second kappa shape index (κ2) is 5.79. The van der Waals surface area contributed by atoms with Gasteiger partial charge in [-0.3, -0.25) is 0 Å². The summed E-state index contributed by atoms with van der Waals surface area (Å²) in [6.07, 6.45) is 0.592. The molecule has 2 aromatic carbocycles. The fourth-order valence-corrected chi connectivity index (χ4v) is 4.01. The van der Waals surface area contributed by atoms with Crippen LogP contribution in [0.25, 0.3) is 0 Å². The number of rotatable bonds is 2. The first-order valence-corrected chi connectivity index (χ1v) is 8.81. The minimum absolute atomic E-state index is 0.182. The highest BCUT2D eigenvalue weighted by Crippen LogP contribution is 2.30. The summed E-state index contributed by atoms with van der Waals surface area (Å²) in [5, 5.41) is 0. The Morgan fingerprint density at radius 3 is 2.71 bits per heavy atom. The van der Waals surface area contributed by atoms with Gasteiger partial charge in [0.15, 0.2) is 0 Å². The van der Waals surface area contributed by atoms with Gasteiger partial charge in [-0.2, -0.15) is 0 Å². The van der Waals surface area contributed by atoms with Gasteiger partial charge in [0.25, 0.3) is 0 Å². The second-order valence-electron chi connectivity index (χ2n) is 4.91. The van der Waals surface area contributed by atoms with Crippen LogP contribution < -0.4 is 9.46 Å². The van der Waals surface area contributed by atoms with Crippen molar-refractivity contribution in [3.8, 4) is 5.75 Å². The van der Waals surface area contributed by atoms with Gasteiger partial charge in [0, 0.05) is 4.47 Å². The normalized spacial score (nSPS) is 20.1. The van der Waals surface area contributed by atoms with Crippen LogP contribution in [0.3, 0.4) is 0 Å². The summed E-state index contributed by atoms with van der Waals surface area (Å²) in [4.78, 5) is 0.182. The van der Waals surface area contributed by atoms with E-state index in [-0.39, 0.29) is 10.9 Å². The Hall–Kier alpha value is -1.37. The molecule has 3 rings (SSSR count). The smallest absolute Gasteiger partial charge is 0.244 e. The second-order valence-corrected chi connectivity index (χ2v) is 7.51. The van der Waals surface area contributed by atoms with Gasteiger partial charge in [0.2, 0.25) is 10.0 Å². The lowest BCUT2D eigenvalue weighted by molar-refractivity contribution is 0.279. The van der Waals surface area contributed by atoms with Crippen molar-refractivity contribution in [3.05, 3.63) is 58.6 Å². The topological polar surface area (TPSA) is 55.4 Å². The maximum atomic E-state index is 12.4. The lowest BCUT2D eigenvalue weighted by atomic mass is 10.1. The molecule has 4 nitrogen and oxygen atoms in total. The molecule has 0 bridgehead atoms. The molecule has 1 N–H and O–H groups in total. The Bertz CT molecular complexity index is 747. The van der Waals surface area contributed by atoms with E-state index in [1.165, 1.54) is 0 Å². The van der Waals surface area contributed by atoms with E-state index in [0.29, 0.717) is 18.8 Å². The average Bonchev–Trinajstić information content (AvgIpc) is 2.56. The van der Waals surface area contributed by atoms with Crippen LogP contribution in [-0.4, -0.2) is 21.1 Å². The van der Waals surface area contributed by atoms with Crippen LogP contribution in [0.2, 0.25) is 0 Å². The van der Waals surface area contributed by atoms with Crippen LogP contribution in [0.15, 0.2) is 57.9 Å². The van der Waals surface area contributed by atoms with Crippen LogP contribution in [0.1, 0.15) is 5.56 Å². The third kappa shape index (κ3) is 3.28. The molecule has 0 saturated heterocycles. The quantitative estimate of drug-likeness (QED) is 0.887. The van der Waals surface area contributed by atoms with Crippen molar-refractivity contribution in [3.63, 3.8) is 0 Å². The summed E-state index contributed by atoms with van der Waals surface area (Å²) < 4.78 is 34.0. The van der Waals surface area contributed by atoms with E-state index < -0.39 is 10.0 Å². The molecule has 1 atom stereocenters. The molecule has 0 aromatic heterocycles. The summed E-state index contributed by atoms with van der Waals surface area (Å²) in [7, 11) is -3.56. The molecule has 0 aliphatic carbocycles. The van der Waals surface area contributed by atoms with Crippen molar-refractivity contribution >= 4 is 26.0 Å².